The summed E-state index contributed by atoms with van der Waals surface area (Å²) in [4.78, 5) is 33.9. The molecule has 0 saturated carbocycles. The summed E-state index contributed by atoms with van der Waals surface area (Å²) in [5.41, 5.74) is 3.75. The summed E-state index contributed by atoms with van der Waals surface area (Å²) in [5, 5.41) is 14.8. The second-order valence-electron chi connectivity index (χ2n) is 7.91. The van der Waals surface area contributed by atoms with Gasteiger partial charge in [0, 0.05) is 30.1 Å². The van der Waals surface area contributed by atoms with Gasteiger partial charge in [0.25, 0.3) is 0 Å². The average molecular weight is 457 g/mol. The molecule has 0 radical (unpaired) electrons. The molecule has 1 atom stereocenters. The molecular formula is C23H23NO9. The number of nitrogens with zero attached hydrogens (tertiary/aromatic N) is 1. The minimum atomic E-state index is -1.82. The smallest absolute Gasteiger partial charge is 0.414 e. The van der Waals surface area contributed by atoms with Crippen LogP contribution in [0.3, 0.4) is 0 Å². The van der Waals surface area contributed by atoms with Crippen LogP contribution in [0, 0.1) is 0 Å². The largest absolute Gasteiger partial charge is 0.473 e. The van der Waals surface area contributed by atoms with E-state index in [1.807, 2.05) is 31.2 Å². The maximum absolute atomic E-state index is 13.4. The molecule has 0 amide bonds. The lowest BCUT2D eigenvalue weighted by Gasteiger charge is -2.25. The van der Waals surface area contributed by atoms with Gasteiger partial charge in [-0.1, -0.05) is 13.0 Å². The Balaban J connectivity index is 0.000000385. The minimum Gasteiger partial charge on any atom is -0.473 e. The Kier molecular flexibility index (Phi) is 6.10. The van der Waals surface area contributed by atoms with E-state index in [-0.39, 0.29) is 25.3 Å². The Hall–Kier alpha value is -3.79. The second-order valence-corrected chi connectivity index (χ2v) is 7.91. The minimum absolute atomic E-state index is 0.0907. The van der Waals surface area contributed by atoms with Crippen LogP contribution in [0.5, 0.6) is 23.0 Å². The molecule has 0 bridgehead atoms. The quantitative estimate of drug-likeness (QED) is 0.568. The first-order valence-corrected chi connectivity index (χ1v) is 10.3. The number of Topliss-reactive ketones (excluding diaryl/α,β-unsaturated/α-hetero) is 1. The average Bonchev–Trinajstić information content (AvgIpc) is 3.45. The molecule has 174 valence electrons. The van der Waals surface area contributed by atoms with Gasteiger partial charge in [0.1, 0.15) is 0 Å². The lowest BCUT2D eigenvalue weighted by molar-refractivity contribution is -0.159. The van der Waals surface area contributed by atoms with Crippen LogP contribution >= 0.6 is 0 Å². The van der Waals surface area contributed by atoms with Crippen LogP contribution in [0.1, 0.15) is 39.9 Å². The summed E-state index contributed by atoms with van der Waals surface area (Å²) in [5.74, 6) is -0.963. The van der Waals surface area contributed by atoms with Gasteiger partial charge in [0.2, 0.25) is 13.6 Å². The molecule has 3 aliphatic rings. The fourth-order valence-electron chi connectivity index (χ4n) is 4.07. The van der Waals surface area contributed by atoms with E-state index in [1.54, 1.807) is 0 Å². The highest BCUT2D eigenvalue weighted by Crippen LogP contribution is 2.42. The maximum atomic E-state index is 13.4. The Labute approximate surface area is 189 Å². The number of benzene rings is 2. The molecule has 2 aromatic rings. The van der Waals surface area contributed by atoms with Crippen molar-refractivity contribution in [2.45, 2.75) is 25.8 Å². The Bertz CT molecular complexity index is 1120. The van der Waals surface area contributed by atoms with Gasteiger partial charge in [-0.05, 0) is 42.8 Å². The van der Waals surface area contributed by atoms with E-state index in [0.717, 1.165) is 46.9 Å². The molecule has 0 fully saturated rings. The zero-order valence-electron chi connectivity index (χ0n) is 18.1. The number of carboxylic acids is 2. The standard InChI is InChI=1S/C21H21NO5.C2H2O4/c1-12-14-3-4-17-21(27-11-24-17)16(14)9-22(2)6-5-13-7-18-19(26-10-25-18)8-15(13)20(12)23;3-1(4)2(5)6/h3-4,7-8,12H,5-6,9-11H2,1-2H3;(H,3,4)(H,5,6). The number of ketones is 1. The van der Waals surface area contributed by atoms with Crippen LogP contribution in [-0.4, -0.2) is 60.0 Å². The fraction of sp³-hybridized carbons (Fsp3) is 0.348. The van der Waals surface area contributed by atoms with E-state index in [2.05, 4.69) is 11.9 Å². The van der Waals surface area contributed by atoms with Crippen molar-refractivity contribution in [1.82, 2.24) is 4.90 Å². The van der Waals surface area contributed by atoms with Crippen molar-refractivity contribution in [2.75, 3.05) is 27.2 Å². The van der Waals surface area contributed by atoms with Gasteiger partial charge in [0.15, 0.2) is 28.8 Å². The molecular weight excluding hydrogens is 434 g/mol. The molecule has 0 saturated heterocycles. The lowest BCUT2D eigenvalue weighted by Crippen LogP contribution is -2.25. The molecule has 33 heavy (non-hydrogen) atoms. The van der Waals surface area contributed by atoms with Crippen molar-refractivity contribution in [3.05, 3.63) is 46.5 Å². The number of likely N-dealkylation sites (N-methyl/N-ethyl adjacent to an activating group) is 1. The van der Waals surface area contributed by atoms with E-state index in [9.17, 15) is 4.79 Å². The number of carbonyl (C=O) groups excluding carboxylic acids is 1. The molecule has 1 unspecified atom stereocenters. The molecule has 0 aromatic heterocycles. The van der Waals surface area contributed by atoms with Gasteiger partial charge < -0.3 is 34.1 Å². The molecule has 5 rings (SSSR count). The van der Waals surface area contributed by atoms with Crippen molar-refractivity contribution >= 4 is 17.7 Å². The monoisotopic (exact) mass is 457 g/mol. The Morgan fingerprint density at radius 3 is 2.30 bits per heavy atom. The van der Waals surface area contributed by atoms with Crippen LogP contribution in [0.4, 0.5) is 0 Å². The van der Waals surface area contributed by atoms with E-state index in [1.165, 1.54) is 0 Å². The first-order valence-electron chi connectivity index (χ1n) is 10.3. The normalized spacial score (nSPS) is 18.5. The highest BCUT2D eigenvalue weighted by molar-refractivity contribution is 6.27. The maximum Gasteiger partial charge on any atom is 0.414 e. The zero-order chi connectivity index (χ0) is 23.7. The fourth-order valence-corrected chi connectivity index (χ4v) is 4.07. The summed E-state index contributed by atoms with van der Waals surface area (Å²) in [6.07, 6.45) is 0.767. The number of aliphatic carboxylic acids is 2. The highest BCUT2D eigenvalue weighted by atomic mass is 16.7. The van der Waals surface area contributed by atoms with Crippen molar-refractivity contribution in [2.24, 2.45) is 0 Å². The van der Waals surface area contributed by atoms with Crippen molar-refractivity contribution in [3.63, 3.8) is 0 Å². The number of rotatable bonds is 0. The van der Waals surface area contributed by atoms with Gasteiger partial charge in [-0.2, -0.15) is 0 Å². The Morgan fingerprint density at radius 2 is 1.61 bits per heavy atom. The van der Waals surface area contributed by atoms with Gasteiger partial charge in [-0.15, -0.1) is 0 Å². The van der Waals surface area contributed by atoms with Crippen LogP contribution in [-0.2, 0) is 22.6 Å². The van der Waals surface area contributed by atoms with Gasteiger partial charge in [-0.3, -0.25) is 4.79 Å². The van der Waals surface area contributed by atoms with Crippen LogP contribution in [0.2, 0.25) is 0 Å². The summed E-state index contributed by atoms with van der Waals surface area (Å²) in [7, 11) is 2.08. The number of carbonyl (C=O) groups is 3. The third-order valence-corrected chi connectivity index (χ3v) is 5.78. The third-order valence-electron chi connectivity index (χ3n) is 5.78. The molecule has 10 heteroatoms. The van der Waals surface area contributed by atoms with Crippen molar-refractivity contribution < 1.29 is 43.5 Å². The molecule has 3 aliphatic heterocycles. The number of carboxylic acid groups (broad SMARTS) is 2. The predicted molar refractivity (Wildman–Crippen MR) is 113 cm³/mol. The van der Waals surface area contributed by atoms with Crippen LogP contribution < -0.4 is 18.9 Å². The van der Waals surface area contributed by atoms with E-state index in [4.69, 9.17) is 38.7 Å². The highest BCUT2D eigenvalue weighted by Gasteiger charge is 2.30. The zero-order valence-corrected chi connectivity index (χ0v) is 18.1. The van der Waals surface area contributed by atoms with E-state index >= 15 is 0 Å². The van der Waals surface area contributed by atoms with Gasteiger partial charge >= 0.3 is 11.9 Å². The summed E-state index contributed by atoms with van der Waals surface area (Å²) in [6, 6.07) is 7.69. The van der Waals surface area contributed by atoms with Gasteiger partial charge in [0.05, 0.1) is 0 Å². The predicted octanol–water partition coefficient (Wildman–Crippen LogP) is 2.27. The number of ether oxygens (including phenoxy) is 4. The first kappa shape index (κ1) is 22.4. The molecule has 10 nitrogen and oxygen atoms in total. The molecule has 0 aliphatic carbocycles. The number of fused-ring (bicyclic) bond motifs is 5. The van der Waals surface area contributed by atoms with E-state index < -0.39 is 11.9 Å². The van der Waals surface area contributed by atoms with Crippen LogP contribution in [0.15, 0.2) is 24.3 Å². The summed E-state index contributed by atoms with van der Waals surface area (Å²) < 4.78 is 22.3. The lowest BCUT2D eigenvalue weighted by atomic mass is 9.85. The summed E-state index contributed by atoms with van der Waals surface area (Å²) in [6.45, 7) is 3.91. The van der Waals surface area contributed by atoms with Crippen LogP contribution in [0.25, 0.3) is 0 Å². The summed E-state index contributed by atoms with van der Waals surface area (Å²) >= 11 is 0. The SMILES string of the molecule is CC1C(=O)c2cc3c(cc2CCN(C)Cc2c1ccc1c2OCO1)OCO3.O=C(O)C(=O)O. The Morgan fingerprint density at radius 1 is 0.970 bits per heavy atom. The second kappa shape index (κ2) is 8.99. The topological polar surface area (TPSA) is 132 Å². The molecule has 0 spiro atoms. The number of hydrogen-bond acceptors (Lipinski definition) is 8. The molecule has 3 heterocycles. The first-order chi connectivity index (χ1) is 15.8. The molecule has 2 aromatic carbocycles. The third kappa shape index (κ3) is 4.42. The molecule has 2 N–H and O–H groups in total. The van der Waals surface area contributed by atoms with Crippen molar-refractivity contribution in [3.8, 4) is 23.0 Å². The number of hydrogen-bond donors (Lipinski definition) is 2. The van der Waals surface area contributed by atoms with Crippen molar-refractivity contribution in [1.29, 1.82) is 0 Å². The van der Waals surface area contributed by atoms with Gasteiger partial charge in [-0.25, -0.2) is 9.59 Å². The van der Waals surface area contributed by atoms with E-state index in [0.29, 0.717) is 17.9 Å².